The number of amides is 2. The maximum atomic E-state index is 12.4. The van der Waals surface area contributed by atoms with Gasteiger partial charge in [-0.15, -0.1) is 6.58 Å². The molecule has 0 saturated carbocycles. The third-order valence-corrected chi connectivity index (χ3v) is 3.42. The second-order valence-electron chi connectivity index (χ2n) is 5.35. The molecule has 0 aliphatic carbocycles. The lowest BCUT2D eigenvalue weighted by molar-refractivity contribution is 0.0958. The molecule has 0 radical (unpaired) electrons. The van der Waals surface area contributed by atoms with Crippen LogP contribution in [0.25, 0.3) is 0 Å². The quantitative estimate of drug-likeness (QED) is 0.831. The summed E-state index contributed by atoms with van der Waals surface area (Å²) in [5.41, 5.74) is 3.79. The van der Waals surface area contributed by atoms with E-state index in [9.17, 15) is 9.59 Å². The summed E-state index contributed by atoms with van der Waals surface area (Å²) < 4.78 is 0. The van der Waals surface area contributed by atoms with Gasteiger partial charge >= 0.3 is 0 Å². The van der Waals surface area contributed by atoms with E-state index in [1.165, 1.54) is 0 Å². The molecule has 0 aliphatic heterocycles. The van der Waals surface area contributed by atoms with Crippen LogP contribution in [0.3, 0.4) is 0 Å². The van der Waals surface area contributed by atoms with Gasteiger partial charge in [-0.1, -0.05) is 29.8 Å². The molecule has 2 aromatic rings. The molecular formula is C19H20N2O2. The smallest absolute Gasteiger partial charge is 0.255 e. The van der Waals surface area contributed by atoms with Gasteiger partial charge in [0.25, 0.3) is 11.8 Å². The topological polar surface area (TPSA) is 58.2 Å². The normalized spacial score (nSPS) is 10.0. The Kier molecular flexibility index (Phi) is 5.31. The molecule has 4 heteroatoms. The number of hydrogen-bond donors (Lipinski definition) is 2. The molecule has 0 bridgehead atoms. The first-order valence-corrected chi connectivity index (χ1v) is 7.39. The Hall–Kier alpha value is -2.88. The Balaban J connectivity index is 2.16. The molecule has 0 saturated heterocycles. The lowest BCUT2D eigenvalue weighted by Gasteiger charge is -2.10. The number of rotatable bonds is 5. The predicted octanol–water partition coefficient (Wildman–Crippen LogP) is 3.47. The molecule has 2 aromatic carbocycles. The molecule has 0 spiro atoms. The second kappa shape index (κ2) is 7.40. The SMILES string of the molecule is C=CCNC(=O)c1cccc(C(=O)Nc2ccc(C)cc2C)c1. The molecule has 0 atom stereocenters. The zero-order valence-electron chi connectivity index (χ0n) is 13.3. The van der Waals surface area contributed by atoms with Crippen LogP contribution >= 0.6 is 0 Å². The van der Waals surface area contributed by atoms with Crippen LogP contribution in [-0.4, -0.2) is 18.4 Å². The maximum Gasteiger partial charge on any atom is 0.255 e. The summed E-state index contributed by atoms with van der Waals surface area (Å²) in [4.78, 5) is 24.3. The average molecular weight is 308 g/mol. The van der Waals surface area contributed by atoms with Crippen molar-refractivity contribution in [2.75, 3.05) is 11.9 Å². The minimum atomic E-state index is -0.240. The van der Waals surface area contributed by atoms with E-state index in [0.29, 0.717) is 17.7 Å². The summed E-state index contributed by atoms with van der Waals surface area (Å²) in [5.74, 6) is -0.471. The third kappa shape index (κ3) is 4.30. The Morgan fingerprint density at radius 2 is 1.74 bits per heavy atom. The molecule has 0 aliphatic rings. The molecule has 2 amide bonds. The van der Waals surface area contributed by atoms with Crippen LogP contribution in [-0.2, 0) is 0 Å². The van der Waals surface area contributed by atoms with Gasteiger partial charge in [0.2, 0.25) is 0 Å². The van der Waals surface area contributed by atoms with E-state index < -0.39 is 0 Å². The highest BCUT2D eigenvalue weighted by molar-refractivity contribution is 6.06. The molecule has 0 unspecified atom stereocenters. The van der Waals surface area contributed by atoms with Crippen molar-refractivity contribution in [2.24, 2.45) is 0 Å². The highest BCUT2D eigenvalue weighted by Gasteiger charge is 2.11. The molecule has 0 aromatic heterocycles. The minimum absolute atomic E-state index is 0.230. The summed E-state index contributed by atoms with van der Waals surface area (Å²) >= 11 is 0. The van der Waals surface area contributed by atoms with Crippen LogP contribution in [0.4, 0.5) is 5.69 Å². The average Bonchev–Trinajstić information content (AvgIpc) is 2.55. The Morgan fingerprint density at radius 3 is 2.39 bits per heavy atom. The summed E-state index contributed by atoms with van der Waals surface area (Å²) in [7, 11) is 0. The summed E-state index contributed by atoms with van der Waals surface area (Å²) in [6.45, 7) is 7.89. The van der Waals surface area contributed by atoms with Gasteiger partial charge in [0.05, 0.1) is 0 Å². The van der Waals surface area contributed by atoms with E-state index >= 15 is 0 Å². The Labute approximate surface area is 136 Å². The van der Waals surface area contributed by atoms with Crippen LogP contribution in [0.15, 0.2) is 55.1 Å². The molecular weight excluding hydrogens is 288 g/mol. The van der Waals surface area contributed by atoms with Crippen molar-refractivity contribution in [1.29, 1.82) is 0 Å². The van der Waals surface area contributed by atoms with Crippen LogP contribution in [0.2, 0.25) is 0 Å². The van der Waals surface area contributed by atoms with E-state index in [2.05, 4.69) is 17.2 Å². The Bertz CT molecular complexity index is 751. The number of hydrogen-bond acceptors (Lipinski definition) is 2. The van der Waals surface area contributed by atoms with E-state index in [0.717, 1.165) is 16.8 Å². The van der Waals surface area contributed by atoms with Crippen LogP contribution in [0.1, 0.15) is 31.8 Å². The van der Waals surface area contributed by atoms with Crippen molar-refractivity contribution in [3.63, 3.8) is 0 Å². The first-order chi connectivity index (χ1) is 11.0. The fourth-order valence-electron chi connectivity index (χ4n) is 2.22. The fraction of sp³-hybridized carbons (Fsp3) is 0.158. The molecule has 23 heavy (non-hydrogen) atoms. The molecule has 2 rings (SSSR count). The van der Waals surface area contributed by atoms with Crippen LogP contribution < -0.4 is 10.6 Å². The van der Waals surface area contributed by atoms with E-state index in [1.54, 1.807) is 30.3 Å². The van der Waals surface area contributed by atoms with Crippen molar-refractivity contribution in [3.05, 3.63) is 77.4 Å². The number of benzene rings is 2. The van der Waals surface area contributed by atoms with Crippen molar-refractivity contribution < 1.29 is 9.59 Å². The van der Waals surface area contributed by atoms with Crippen LogP contribution in [0, 0.1) is 13.8 Å². The highest BCUT2D eigenvalue weighted by Crippen LogP contribution is 2.17. The summed E-state index contributed by atoms with van der Waals surface area (Å²) in [6, 6.07) is 12.5. The van der Waals surface area contributed by atoms with E-state index in [4.69, 9.17) is 0 Å². The van der Waals surface area contributed by atoms with Crippen molar-refractivity contribution in [2.45, 2.75) is 13.8 Å². The number of nitrogens with one attached hydrogen (secondary N) is 2. The van der Waals surface area contributed by atoms with Gasteiger partial charge in [0.15, 0.2) is 0 Å². The zero-order chi connectivity index (χ0) is 16.8. The van der Waals surface area contributed by atoms with Crippen molar-refractivity contribution in [3.8, 4) is 0 Å². The summed E-state index contributed by atoms with van der Waals surface area (Å²) in [5, 5.41) is 5.57. The van der Waals surface area contributed by atoms with Gasteiger partial charge in [-0.25, -0.2) is 0 Å². The van der Waals surface area contributed by atoms with E-state index in [1.807, 2.05) is 32.0 Å². The third-order valence-electron chi connectivity index (χ3n) is 3.42. The lowest BCUT2D eigenvalue weighted by atomic mass is 10.1. The van der Waals surface area contributed by atoms with Gasteiger partial charge in [-0.3, -0.25) is 9.59 Å². The fourth-order valence-corrected chi connectivity index (χ4v) is 2.22. The van der Waals surface area contributed by atoms with Gasteiger partial charge < -0.3 is 10.6 Å². The number of carbonyl (C=O) groups excluding carboxylic acids is 2. The largest absolute Gasteiger partial charge is 0.349 e. The minimum Gasteiger partial charge on any atom is -0.349 e. The molecule has 4 nitrogen and oxygen atoms in total. The summed E-state index contributed by atoms with van der Waals surface area (Å²) in [6.07, 6.45) is 1.61. The monoisotopic (exact) mass is 308 g/mol. The first-order valence-electron chi connectivity index (χ1n) is 7.39. The zero-order valence-corrected chi connectivity index (χ0v) is 13.3. The molecule has 0 fully saturated rings. The highest BCUT2D eigenvalue weighted by atomic mass is 16.2. The van der Waals surface area contributed by atoms with Gasteiger partial charge in [-0.2, -0.15) is 0 Å². The number of anilines is 1. The Morgan fingerprint density at radius 1 is 1.04 bits per heavy atom. The molecule has 0 heterocycles. The lowest BCUT2D eigenvalue weighted by Crippen LogP contribution is -2.23. The molecule has 2 N–H and O–H groups in total. The van der Waals surface area contributed by atoms with Gasteiger partial charge in [-0.05, 0) is 43.7 Å². The number of aryl methyl sites for hydroxylation is 2. The maximum absolute atomic E-state index is 12.4. The van der Waals surface area contributed by atoms with Gasteiger partial charge in [0, 0.05) is 23.4 Å². The second-order valence-corrected chi connectivity index (χ2v) is 5.35. The van der Waals surface area contributed by atoms with Crippen LogP contribution in [0.5, 0.6) is 0 Å². The standard InChI is InChI=1S/C19H20N2O2/c1-4-10-20-18(22)15-6-5-7-16(12-15)19(23)21-17-9-8-13(2)11-14(17)3/h4-9,11-12H,1,10H2,2-3H3,(H,20,22)(H,21,23). The van der Waals surface area contributed by atoms with Gasteiger partial charge in [0.1, 0.15) is 0 Å². The number of carbonyl (C=O) groups is 2. The van der Waals surface area contributed by atoms with Crippen molar-refractivity contribution in [1.82, 2.24) is 5.32 Å². The first kappa shape index (κ1) is 16.5. The molecule has 118 valence electrons. The predicted molar refractivity (Wildman–Crippen MR) is 92.8 cm³/mol. The van der Waals surface area contributed by atoms with Crippen molar-refractivity contribution >= 4 is 17.5 Å². The van der Waals surface area contributed by atoms with E-state index in [-0.39, 0.29) is 11.8 Å².